The second-order valence-electron chi connectivity index (χ2n) is 3.68. The number of carbonyl (C=O) groups is 1. The van der Waals surface area contributed by atoms with Crippen molar-refractivity contribution in [1.29, 1.82) is 0 Å². The molecule has 0 aromatic heterocycles. The van der Waals surface area contributed by atoms with Crippen LogP contribution in [0.1, 0.15) is 10.4 Å². The van der Waals surface area contributed by atoms with Crippen molar-refractivity contribution in [2.24, 2.45) is 5.73 Å². The number of hydrogen-bond acceptors (Lipinski definition) is 3. The van der Waals surface area contributed by atoms with Crippen molar-refractivity contribution in [3.05, 3.63) is 52.5 Å². The number of benzene rings is 2. The Labute approximate surface area is 118 Å². The van der Waals surface area contributed by atoms with Crippen molar-refractivity contribution in [3.8, 4) is 0 Å². The Morgan fingerprint density at radius 2 is 1.94 bits per heavy atom. The molecule has 0 aliphatic heterocycles. The minimum absolute atomic E-state index is 0.444. The second kappa shape index (κ2) is 5.46. The molecule has 2 aromatic rings. The molecule has 0 saturated heterocycles. The molecular weight excluding hydrogens is 312 g/mol. The van der Waals surface area contributed by atoms with Crippen molar-refractivity contribution < 1.29 is 4.79 Å². The van der Waals surface area contributed by atoms with Gasteiger partial charge in [-0.15, -0.1) is 0 Å². The molecule has 5 heteroatoms. The van der Waals surface area contributed by atoms with Crippen molar-refractivity contribution in [3.63, 3.8) is 0 Å². The van der Waals surface area contributed by atoms with Crippen LogP contribution >= 0.6 is 27.7 Å². The van der Waals surface area contributed by atoms with Crippen LogP contribution in [0.2, 0.25) is 0 Å². The number of amides is 1. The van der Waals surface area contributed by atoms with E-state index in [1.54, 1.807) is 18.2 Å². The molecule has 4 N–H and O–H groups in total. The molecule has 0 heterocycles. The van der Waals surface area contributed by atoms with Gasteiger partial charge in [0.1, 0.15) is 0 Å². The molecule has 0 fully saturated rings. The van der Waals surface area contributed by atoms with Gasteiger partial charge in [0.05, 0.1) is 5.56 Å². The van der Waals surface area contributed by atoms with Crippen LogP contribution in [0.15, 0.2) is 56.7 Å². The molecule has 0 atom stereocenters. The Kier molecular flexibility index (Phi) is 3.93. The van der Waals surface area contributed by atoms with E-state index in [4.69, 9.17) is 11.5 Å². The Bertz CT molecular complexity index is 601. The maximum Gasteiger partial charge on any atom is 0.249 e. The minimum atomic E-state index is -0.472. The summed E-state index contributed by atoms with van der Waals surface area (Å²) in [7, 11) is 0. The van der Waals surface area contributed by atoms with Crippen molar-refractivity contribution in [2.45, 2.75) is 9.79 Å². The zero-order chi connectivity index (χ0) is 13.1. The zero-order valence-electron chi connectivity index (χ0n) is 9.39. The molecule has 2 aromatic carbocycles. The van der Waals surface area contributed by atoms with Gasteiger partial charge in [-0.25, -0.2) is 0 Å². The van der Waals surface area contributed by atoms with Gasteiger partial charge in [-0.05, 0) is 36.4 Å². The lowest BCUT2D eigenvalue weighted by molar-refractivity contribution is 0.0997. The quantitative estimate of drug-likeness (QED) is 0.852. The Balaban J connectivity index is 2.37. The Morgan fingerprint density at radius 3 is 2.61 bits per heavy atom. The van der Waals surface area contributed by atoms with Crippen LogP contribution in [-0.4, -0.2) is 5.91 Å². The summed E-state index contributed by atoms with van der Waals surface area (Å²) in [6.45, 7) is 0. The molecule has 3 nitrogen and oxygen atoms in total. The van der Waals surface area contributed by atoms with Crippen LogP contribution < -0.4 is 11.5 Å². The van der Waals surface area contributed by atoms with Gasteiger partial charge in [0.25, 0.3) is 0 Å². The van der Waals surface area contributed by atoms with E-state index in [-0.39, 0.29) is 0 Å². The van der Waals surface area contributed by atoms with Gasteiger partial charge in [-0.3, -0.25) is 4.79 Å². The molecule has 0 unspecified atom stereocenters. The van der Waals surface area contributed by atoms with Gasteiger partial charge in [-0.1, -0.05) is 33.8 Å². The minimum Gasteiger partial charge on any atom is -0.399 e. The number of nitrogens with two attached hydrogens (primary N) is 2. The molecule has 2 rings (SSSR count). The predicted octanol–water partition coefficient (Wildman–Crippen LogP) is 3.28. The summed E-state index contributed by atoms with van der Waals surface area (Å²) in [5.41, 5.74) is 12.0. The number of rotatable bonds is 3. The van der Waals surface area contributed by atoms with E-state index in [0.29, 0.717) is 11.3 Å². The largest absolute Gasteiger partial charge is 0.399 e. The molecule has 92 valence electrons. The molecule has 0 aliphatic rings. The van der Waals surface area contributed by atoms with E-state index in [1.165, 1.54) is 11.8 Å². The van der Waals surface area contributed by atoms with Gasteiger partial charge >= 0.3 is 0 Å². The van der Waals surface area contributed by atoms with Gasteiger partial charge in [0.2, 0.25) is 5.91 Å². The highest BCUT2D eigenvalue weighted by Gasteiger charge is 2.10. The second-order valence-corrected chi connectivity index (χ2v) is 5.71. The molecule has 18 heavy (non-hydrogen) atoms. The van der Waals surface area contributed by atoms with Crippen LogP contribution in [-0.2, 0) is 0 Å². The lowest BCUT2D eigenvalue weighted by atomic mass is 10.2. The predicted molar refractivity (Wildman–Crippen MR) is 77.6 cm³/mol. The van der Waals surface area contributed by atoms with Gasteiger partial charge in [0.15, 0.2) is 0 Å². The third kappa shape index (κ3) is 3.05. The normalized spacial score (nSPS) is 10.3. The zero-order valence-corrected chi connectivity index (χ0v) is 11.8. The molecule has 1 amide bonds. The number of anilines is 1. The maximum atomic E-state index is 11.4. The highest BCUT2D eigenvalue weighted by atomic mass is 79.9. The summed E-state index contributed by atoms with van der Waals surface area (Å²) in [4.78, 5) is 13.2. The standard InChI is InChI=1S/C13H11BrN2OS/c14-8-2-1-3-10(6-8)18-12-5-4-9(15)7-11(12)13(16)17/h1-7H,15H2,(H2,16,17). The van der Waals surface area contributed by atoms with E-state index in [9.17, 15) is 4.79 Å². The summed E-state index contributed by atoms with van der Waals surface area (Å²) in [5, 5.41) is 0. The first-order valence-corrected chi connectivity index (χ1v) is 6.80. The third-order valence-corrected chi connectivity index (χ3v) is 3.85. The lowest BCUT2D eigenvalue weighted by Crippen LogP contribution is -2.12. The first-order valence-electron chi connectivity index (χ1n) is 5.19. The first-order chi connectivity index (χ1) is 8.56. The number of hydrogen-bond donors (Lipinski definition) is 2. The maximum absolute atomic E-state index is 11.4. The average Bonchev–Trinajstić information content (AvgIpc) is 2.31. The summed E-state index contributed by atoms with van der Waals surface area (Å²) >= 11 is 4.89. The molecule has 0 aliphatic carbocycles. The summed E-state index contributed by atoms with van der Waals surface area (Å²) < 4.78 is 0.989. The van der Waals surface area contributed by atoms with E-state index in [0.717, 1.165) is 14.3 Å². The summed E-state index contributed by atoms with van der Waals surface area (Å²) in [6, 6.07) is 13.0. The Hall–Kier alpha value is -1.46. The highest BCUT2D eigenvalue weighted by Crippen LogP contribution is 2.32. The lowest BCUT2D eigenvalue weighted by Gasteiger charge is -2.07. The van der Waals surface area contributed by atoms with Crippen LogP contribution in [0.5, 0.6) is 0 Å². The van der Waals surface area contributed by atoms with Gasteiger partial charge in [0, 0.05) is 20.0 Å². The SMILES string of the molecule is NC(=O)c1cc(N)ccc1Sc1cccc(Br)c1. The topological polar surface area (TPSA) is 69.1 Å². The number of carbonyl (C=O) groups excluding carboxylic acids is 1. The summed E-state index contributed by atoms with van der Waals surface area (Å²) in [5.74, 6) is -0.472. The first kappa shape index (κ1) is 13.0. The Morgan fingerprint density at radius 1 is 1.17 bits per heavy atom. The molecule has 0 saturated carbocycles. The summed E-state index contributed by atoms with van der Waals surface area (Å²) in [6.07, 6.45) is 0. The third-order valence-electron chi connectivity index (χ3n) is 2.29. The fourth-order valence-corrected chi connectivity index (χ4v) is 3.03. The molecule has 0 bridgehead atoms. The van der Waals surface area contributed by atoms with Crippen LogP contribution in [0.4, 0.5) is 5.69 Å². The number of primary amides is 1. The monoisotopic (exact) mass is 322 g/mol. The van der Waals surface area contributed by atoms with Crippen LogP contribution in [0.3, 0.4) is 0 Å². The van der Waals surface area contributed by atoms with Crippen molar-refractivity contribution >= 4 is 39.3 Å². The fraction of sp³-hybridized carbons (Fsp3) is 0. The highest BCUT2D eigenvalue weighted by molar-refractivity contribution is 9.10. The van der Waals surface area contributed by atoms with E-state index >= 15 is 0 Å². The fourth-order valence-electron chi connectivity index (χ4n) is 1.49. The average molecular weight is 323 g/mol. The van der Waals surface area contributed by atoms with E-state index in [2.05, 4.69) is 15.9 Å². The van der Waals surface area contributed by atoms with Crippen LogP contribution in [0, 0.1) is 0 Å². The van der Waals surface area contributed by atoms with E-state index < -0.39 is 5.91 Å². The van der Waals surface area contributed by atoms with Gasteiger partial charge < -0.3 is 11.5 Å². The van der Waals surface area contributed by atoms with Crippen LogP contribution in [0.25, 0.3) is 0 Å². The van der Waals surface area contributed by atoms with Crippen molar-refractivity contribution in [2.75, 3.05) is 5.73 Å². The van der Waals surface area contributed by atoms with Crippen molar-refractivity contribution in [1.82, 2.24) is 0 Å². The number of halogens is 1. The molecule has 0 radical (unpaired) electrons. The molecular formula is C13H11BrN2OS. The van der Waals surface area contributed by atoms with E-state index in [1.807, 2.05) is 24.3 Å². The number of nitrogen functional groups attached to an aromatic ring is 1. The smallest absolute Gasteiger partial charge is 0.249 e. The van der Waals surface area contributed by atoms with Gasteiger partial charge in [-0.2, -0.15) is 0 Å². The molecule has 0 spiro atoms.